The normalized spacial score (nSPS) is 12.6. The summed E-state index contributed by atoms with van der Waals surface area (Å²) in [6, 6.07) is 11.2. The molecule has 3 nitrogen and oxygen atoms in total. The average molecular weight is 269 g/mol. The quantitative estimate of drug-likeness (QED) is 0.780. The van der Waals surface area contributed by atoms with Crippen LogP contribution in [0.4, 0.5) is 10.2 Å². The Morgan fingerprint density at radius 3 is 2.90 bits per heavy atom. The van der Waals surface area contributed by atoms with E-state index in [2.05, 4.69) is 10.3 Å². The number of hydrogen-bond acceptors (Lipinski definition) is 2. The second kappa shape index (κ2) is 4.96. The lowest BCUT2D eigenvalue weighted by molar-refractivity contribution is 0.614. The fraction of sp³-hybridized carbons (Fsp3) is 0.188. The lowest BCUT2D eigenvalue weighted by Crippen LogP contribution is -2.09. The molecule has 0 spiro atoms. The maximum absolute atomic E-state index is 13.6. The molecule has 0 bridgehead atoms. The van der Waals surface area contributed by atoms with Gasteiger partial charge in [-0.3, -0.25) is 4.40 Å². The highest BCUT2D eigenvalue weighted by atomic mass is 19.1. The third-order valence-corrected chi connectivity index (χ3v) is 3.49. The van der Waals surface area contributed by atoms with E-state index >= 15 is 0 Å². The Morgan fingerprint density at radius 2 is 2.10 bits per heavy atom. The molecule has 4 heteroatoms. The van der Waals surface area contributed by atoms with Gasteiger partial charge in [0, 0.05) is 18.4 Å². The van der Waals surface area contributed by atoms with E-state index in [4.69, 9.17) is 0 Å². The molecule has 1 unspecified atom stereocenters. The standard InChI is InChI=1S/C16H16FN3/c1-11-6-7-13(10-14(11)17)12(2)19-16-5-3-4-15-18-8-9-20(15)16/h3-10,12,19H,1-2H3. The summed E-state index contributed by atoms with van der Waals surface area (Å²) >= 11 is 0. The van der Waals surface area contributed by atoms with Gasteiger partial charge in [-0.15, -0.1) is 0 Å². The van der Waals surface area contributed by atoms with Crippen LogP contribution in [0.3, 0.4) is 0 Å². The van der Waals surface area contributed by atoms with Crippen LogP contribution in [-0.4, -0.2) is 9.38 Å². The highest BCUT2D eigenvalue weighted by Gasteiger charge is 2.09. The predicted molar refractivity (Wildman–Crippen MR) is 78.4 cm³/mol. The minimum absolute atomic E-state index is 0.0121. The number of rotatable bonds is 3. The smallest absolute Gasteiger partial charge is 0.138 e. The number of aryl methyl sites for hydroxylation is 1. The van der Waals surface area contributed by atoms with Crippen LogP contribution < -0.4 is 5.32 Å². The monoisotopic (exact) mass is 269 g/mol. The van der Waals surface area contributed by atoms with Crippen molar-refractivity contribution in [1.82, 2.24) is 9.38 Å². The number of anilines is 1. The number of halogens is 1. The molecule has 2 aromatic heterocycles. The van der Waals surface area contributed by atoms with E-state index in [-0.39, 0.29) is 11.9 Å². The summed E-state index contributed by atoms with van der Waals surface area (Å²) in [7, 11) is 0. The van der Waals surface area contributed by atoms with Gasteiger partial charge in [0.15, 0.2) is 0 Å². The highest BCUT2D eigenvalue weighted by molar-refractivity contribution is 5.50. The van der Waals surface area contributed by atoms with Crippen molar-refractivity contribution < 1.29 is 4.39 Å². The lowest BCUT2D eigenvalue weighted by Gasteiger charge is -2.17. The SMILES string of the molecule is Cc1ccc(C(C)Nc2cccc3nccn23)cc1F. The van der Waals surface area contributed by atoms with E-state index in [0.717, 1.165) is 17.0 Å². The second-order valence-corrected chi connectivity index (χ2v) is 4.94. The van der Waals surface area contributed by atoms with Crippen molar-refractivity contribution in [2.45, 2.75) is 19.9 Å². The molecular formula is C16H16FN3. The Labute approximate surface area is 117 Å². The van der Waals surface area contributed by atoms with Crippen LogP contribution in [0.5, 0.6) is 0 Å². The Balaban J connectivity index is 1.90. The fourth-order valence-electron chi connectivity index (χ4n) is 2.25. The minimum atomic E-state index is -0.169. The molecule has 0 amide bonds. The first-order valence-corrected chi connectivity index (χ1v) is 6.60. The maximum Gasteiger partial charge on any atom is 0.138 e. The molecule has 0 aliphatic rings. The first kappa shape index (κ1) is 12.7. The van der Waals surface area contributed by atoms with Gasteiger partial charge in [0.1, 0.15) is 17.3 Å². The first-order valence-electron chi connectivity index (χ1n) is 6.60. The van der Waals surface area contributed by atoms with E-state index in [0.29, 0.717) is 5.56 Å². The molecule has 0 aliphatic carbocycles. The first-order chi connectivity index (χ1) is 9.65. The lowest BCUT2D eigenvalue weighted by atomic mass is 10.1. The summed E-state index contributed by atoms with van der Waals surface area (Å²) in [5, 5.41) is 3.39. The van der Waals surface area contributed by atoms with Crippen LogP contribution in [0, 0.1) is 12.7 Å². The molecule has 0 radical (unpaired) electrons. The summed E-state index contributed by atoms with van der Waals surface area (Å²) in [5.74, 6) is 0.769. The molecule has 0 saturated heterocycles. The molecular weight excluding hydrogens is 253 g/mol. The Morgan fingerprint density at radius 1 is 1.25 bits per heavy atom. The largest absolute Gasteiger partial charge is 0.365 e. The van der Waals surface area contributed by atoms with Crippen molar-refractivity contribution in [2.24, 2.45) is 0 Å². The zero-order chi connectivity index (χ0) is 14.1. The van der Waals surface area contributed by atoms with Crippen molar-refractivity contribution >= 4 is 11.5 Å². The zero-order valence-electron chi connectivity index (χ0n) is 11.5. The van der Waals surface area contributed by atoms with Gasteiger partial charge in [0.25, 0.3) is 0 Å². The van der Waals surface area contributed by atoms with E-state index in [1.165, 1.54) is 0 Å². The molecule has 1 aromatic carbocycles. The Hall–Kier alpha value is -2.36. The Bertz CT molecular complexity index is 748. The van der Waals surface area contributed by atoms with Crippen molar-refractivity contribution in [2.75, 3.05) is 5.32 Å². The molecule has 102 valence electrons. The summed E-state index contributed by atoms with van der Waals surface area (Å²) in [4.78, 5) is 4.25. The van der Waals surface area contributed by atoms with Crippen LogP contribution in [0.1, 0.15) is 24.1 Å². The number of imidazole rings is 1. The number of benzene rings is 1. The van der Waals surface area contributed by atoms with Gasteiger partial charge in [-0.2, -0.15) is 0 Å². The number of aromatic nitrogens is 2. The average Bonchev–Trinajstić information content (AvgIpc) is 2.91. The minimum Gasteiger partial charge on any atom is -0.365 e. The number of nitrogens with zero attached hydrogens (tertiary/aromatic N) is 2. The van der Waals surface area contributed by atoms with E-state index in [1.54, 1.807) is 25.3 Å². The maximum atomic E-state index is 13.6. The summed E-state index contributed by atoms with van der Waals surface area (Å²) in [6.07, 6.45) is 3.66. The van der Waals surface area contributed by atoms with Crippen molar-refractivity contribution in [3.05, 3.63) is 65.7 Å². The van der Waals surface area contributed by atoms with Gasteiger partial charge < -0.3 is 5.32 Å². The topological polar surface area (TPSA) is 29.3 Å². The number of nitrogens with one attached hydrogen (secondary N) is 1. The Kier molecular flexibility index (Phi) is 3.14. The van der Waals surface area contributed by atoms with Crippen LogP contribution in [-0.2, 0) is 0 Å². The van der Waals surface area contributed by atoms with E-state index in [9.17, 15) is 4.39 Å². The number of pyridine rings is 1. The van der Waals surface area contributed by atoms with E-state index < -0.39 is 0 Å². The van der Waals surface area contributed by atoms with Gasteiger partial charge in [0.05, 0.1) is 0 Å². The molecule has 1 atom stereocenters. The van der Waals surface area contributed by atoms with Crippen molar-refractivity contribution in [3.8, 4) is 0 Å². The third-order valence-electron chi connectivity index (χ3n) is 3.49. The fourth-order valence-corrected chi connectivity index (χ4v) is 2.25. The van der Waals surface area contributed by atoms with Crippen LogP contribution in [0.2, 0.25) is 0 Å². The van der Waals surface area contributed by atoms with Gasteiger partial charge >= 0.3 is 0 Å². The summed E-state index contributed by atoms with van der Waals surface area (Å²) < 4.78 is 15.6. The van der Waals surface area contributed by atoms with Crippen molar-refractivity contribution in [1.29, 1.82) is 0 Å². The van der Waals surface area contributed by atoms with E-state index in [1.807, 2.05) is 41.8 Å². The molecule has 2 heterocycles. The summed E-state index contributed by atoms with van der Waals surface area (Å²) in [6.45, 7) is 3.78. The molecule has 0 fully saturated rings. The summed E-state index contributed by atoms with van der Waals surface area (Å²) in [5.41, 5.74) is 2.47. The number of fused-ring (bicyclic) bond motifs is 1. The molecule has 20 heavy (non-hydrogen) atoms. The molecule has 3 aromatic rings. The molecule has 0 aliphatic heterocycles. The molecule has 1 N–H and O–H groups in total. The van der Waals surface area contributed by atoms with Crippen molar-refractivity contribution in [3.63, 3.8) is 0 Å². The van der Waals surface area contributed by atoms with Crippen LogP contribution in [0.15, 0.2) is 48.8 Å². The van der Waals surface area contributed by atoms with Crippen LogP contribution in [0.25, 0.3) is 5.65 Å². The predicted octanol–water partition coefficient (Wildman–Crippen LogP) is 3.95. The van der Waals surface area contributed by atoms with Gasteiger partial charge in [-0.25, -0.2) is 9.37 Å². The molecule has 3 rings (SSSR count). The van der Waals surface area contributed by atoms with Crippen LogP contribution >= 0.6 is 0 Å². The third kappa shape index (κ3) is 2.25. The van der Waals surface area contributed by atoms with Gasteiger partial charge in [0.2, 0.25) is 0 Å². The molecule has 0 saturated carbocycles. The van der Waals surface area contributed by atoms with Gasteiger partial charge in [-0.1, -0.05) is 18.2 Å². The van der Waals surface area contributed by atoms with Gasteiger partial charge in [-0.05, 0) is 43.2 Å². The highest BCUT2D eigenvalue weighted by Crippen LogP contribution is 2.21. The second-order valence-electron chi connectivity index (χ2n) is 4.94. The number of hydrogen-bond donors (Lipinski definition) is 1. The zero-order valence-corrected chi connectivity index (χ0v) is 11.5.